The van der Waals surface area contributed by atoms with Gasteiger partial charge in [-0.3, -0.25) is 0 Å². The molecule has 0 bridgehead atoms. The Morgan fingerprint density at radius 2 is 2.19 bits per heavy atom. The molecule has 1 aliphatic heterocycles. The third-order valence-electron chi connectivity index (χ3n) is 4.13. The van der Waals surface area contributed by atoms with E-state index in [0.717, 1.165) is 37.2 Å². The van der Waals surface area contributed by atoms with Crippen LogP contribution >= 0.6 is 0 Å². The van der Waals surface area contributed by atoms with Gasteiger partial charge >= 0.3 is 0 Å². The molecule has 4 heteroatoms. The molecule has 4 nitrogen and oxygen atoms in total. The summed E-state index contributed by atoms with van der Waals surface area (Å²) >= 11 is 0. The Hall–Kier alpha value is -1.10. The van der Waals surface area contributed by atoms with Crippen molar-refractivity contribution in [2.75, 3.05) is 26.2 Å². The van der Waals surface area contributed by atoms with E-state index in [4.69, 9.17) is 4.74 Å². The monoisotopic (exact) mass is 293 g/mol. The highest BCUT2D eigenvalue weighted by atomic mass is 16.5. The van der Waals surface area contributed by atoms with Crippen molar-refractivity contribution in [3.8, 4) is 5.75 Å². The summed E-state index contributed by atoms with van der Waals surface area (Å²) in [5.41, 5.74) is 1.15. The average Bonchev–Trinajstić information content (AvgIpc) is 2.45. The molecule has 118 valence electrons. The molecule has 2 rings (SSSR count). The van der Waals surface area contributed by atoms with Gasteiger partial charge in [-0.05, 0) is 56.8 Å². The van der Waals surface area contributed by atoms with Crippen LogP contribution in [0.4, 0.5) is 0 Å². The number of hydrogen-bond acceptors (Lipinski definition) is 4. The molecule has 3 unspecified atom stereocenters. The van der Waals surface area contributed by atoms with E-state index in [9.17, 15) is 10.2 Å². The summed E-state index contributed by atoms with van der Waals surface area (Å²) in [4.78, 5) is 2.23. The van der Waals surface area contributed by atoms with Crippen molar-refractivity contribution in [3.05, 3.63) is 29.8 Å². The lowest BCUT2D eigenvalue weighted by Crippen LogP contribution is -2.44. The number of piperidine rings is 1. The summed E-state index contributed by atoms with van der Waals surface area (Å²) < 4.78 is 5.64. The van der Waals surface area contributed by atoms with Crippen molar-refractivity contribution in [3.63, 3.8) is 0 Å². The standard InChI is InChI=1S/C17H27NO3/c1-13-5-3-7-17(9-13)21-12-16(20)11-18-8-4-6-15(10-18)14(2)19/h3,5,7,9,14-16,19-20H,4,6,8,10-12H2,1-2H3. The first kappa shape index (κ1) is 16.3. The van der Waals surface area contributed by atoms with Gasteiger partial charge in [0.05, 0.1) is 6.10 Å². The topological polar surface area (TPSA) is 52.9 Å². The molecule has 1 fully saturated rings. The lowest BCUT2D eigenvalue weighted by atomic mass is 9.93. The summed E-state index contributed by atoms with van der Waals surface area (Å²) in [5, 5.41) is 19.8. The maximum Gasteiger partial charge on any atom is 0.119 e. The molecule has 0 radical (unpaired) electrons. The zero-order chi connectivity index (χ0) is 15.2. The third kappa shape index (κ3) is 5.30. The predicted molar refractivity (Wildman–Crippen MR) is 83.5 cm³/mol. The van der Waals surface area contributed by atoms with Crippen molar-refractivity contribution >= 4 is 0 Å². The van der Waals surface area contributed by atoms with Crippen molar-refractivity contribution in [1.82, 2.24) is 4.90 Å². The number of aliphatic hydroxyl groups excluding tert-OH is 2. The molecular formula is C17H27NO3. The van der Waals surface area contributed by atoms with Crippen LogP contribution in [0, 0.1) is 12.8 Å². The number of ether oxygens (including phenoxy) is 1. The Balaban J connectivity index is 1.75. The molecule has 3 atom stereocenters. The smallest absolute Gasteiger partial charge is 0.119 e. The number of likely N-dealkylation sites (tertiary alicyclic amines) is 1. The van der Waals surface area contributed by atoms with Gasteiger partial charge in [0.2, 0.25) is 0 Å². The second-order valence-electron chi connectivity index (χ2n) is 6.18. The molecule has 2 N–H and O–H groups in total. The van der Waals surface area contributed by atoms with Gasteiger partial charge in [0.25, 0.3) is 0 Å². The van der Waals surface area contributed by atoms with E-state index < -0.39 is 6.10 Å². The van der Waals surface area contributed by atoms with E-state index >= 15 is 0 Å². The van der Waals surface area contributed by atoms with Crippen LogP contribution in [0.5, 0.6) is 5.75 Å². The molecular weight excluding hydrogens is 266 g/mol. The summed E-state index contributed by atoms with van der Waals surface area (Å²) in [5.74, 6) is 1.12. The van der Waals surface area contributed by atoms with Crippen molar-refractivity contribution in [1.29, 1.82) is 0 Å². The molecule has 0 amide bonds. The number of rotatable bonds is 6. The van der Waals surface area contributed by atoms with Crippen LogP contribution in [-0.4, -0.2) is 53.6 Å². The van der Waals surface area contributed by atoms with E-state index in [2.05, 4.69) is 4.90 Å². The maximum absolute atomic E-state index is 10.1. The Labute approximate surface area is 127 Å². The number of aliphatic hydroxyl groups is 2. The van der Waals surface area contributed by atoms with Crippen LogP contribution in [0.15, 0.2) is 24.3 Å². The van der Waals surface area contributed by atoms with E-state index in [-0.39, 0.29) is 6.10 Å². The first-order valence-electron chi connectivity index (χ1n) is 7.82. The van der Waals surface area contributed by atoms with Gasteiger partial charge in [-0.2, -0.15) is 0 Å². The van der Waals surface area contributed by atoms with Gasteiger partial charge in [-0.1, -0.05) is 12.1 Å². The molecule has 0 aliphatic carbocycles. The third-order valence-corrected chi connectivity index (χ3v) is 4.13. The number of nitrogens with zero attached hydrogens (tertiary/aromatic N) is 1. The Morgan fingerprint density at radius 3 is 2.90 bits per heavy atom. The van der Waals surface area contributed by atoms with Crippen LogP contribution < -0.4 is 4.74 Å². The highest BCUT2D eigenvalue weighted by molar-refractivity contribution is 5.27. The molecule has 0 saturated carbocycles. The lowest BCUT2D eigenvalue weighted by Gasteiger charge is -2.35. The number of β-amino-alcohol motifs (C(OH)–C–C–N with tert-alkyl or cyclic N) is 1. The fourth-order valence-electron chi connectivity index (χ4n) is 2.90. The Bertz CT molecular complexity index is 436. The SMILES string of the molecule is Cc1cccc(OCC(O)CN2CCCC(C(C)O)C2)c1. The fraction of sp³-hybridized carbons (Fsp3) is 0.647. The van der Waals surface area contributed by atoms with E-state index in [1.165, 1.54) is 0 Å². The minimum Gasteiger partial charge on any atom is -0.491 e. The summed E-state index contributed by atoms with van der Waals surface area (Å²) in [6.07, 6.45) is 1.39. The molecule has 1 heterocycles. The zero-order valence-corrected chi connectivity index (χ0v) is 13.0. The van der Waals surface area contributed by atoms with Crippen molar-refractivity contribution in [2.24, 2.45) is 5.92 Å². The first-order chi connectivity index (χ1) is 10.0. The van der Waals surface area contributed by atoms with Crippen LogP contribution in [-0.2, 0) is 0 Å². The first-order valence-corrected chi connectivity index (χ1v) is 7.82. The van der Waals surface area contributed by atoms with Crippen LogP contribution in [0.3, 0.4) is 0 Å². The minimum absolute atomic E-state index is 0.270. The van der Waals surface area contributed by atoms with Gasteiger partial charge in [-0.25, -0.2) is 0 Å². The molecule has 1 aliphatic rings. The number of aryl methyl sites for hydroxylation is 1. The predicted octanol–water partition coefficient (Wildman–Crippen LogP) is 1.83. The van der Waals surface area contributed by atoms with E-state index in [0.29, 0.717) is 19.1 Å². The normalized spacial score (nSPS) is 22.8. The molecule has 0 spiro atoms. The van der Waals surface area contributed by atoms with E-state index in [1.807, 2.05) is 38.1 Å². The summed E-state index contributed by atoms with van der Waals surface area (Å²) in [7, 11) is 0. The summed E-state index contributed by atoms with van der Waals surface area (Å²) in [6, 6.07) is 7.85. The highest BCUT2D eigenvalue weighted by Gasteiger charge is 2.24. The molecule has 0 aromatic heterocycles. The van der Waals surface area contributed by atoms with Crippen molar-refractivity contribution in [2.45, 2.75) is 38.9 Å². The van der Waals surface area contributed by atoms with Gasteiger partial charge in [0.1, 0.15) is 18.5 Å². The lowest BCUT2D eigenvalue weighted by molar-refractivity contribution is 0.0244. The van der Waals surface area contributed by atoms with Crippen LogP contribution in [0.25, 0.3) is 0 Å². The van der Waals surface area contributed by atoms with Gasteiger partial charge in [-0.15, -0.1) is 0 Å². The molecule has 21 heavy (non-hydrogen) atoms. The van der Waals surface area contributed by atoms with Crippen LogP contribution in [0.2, 0.25) is 0 Å². The van der Waals surface area contributed by atoms with Gasteiger partial charge < -0.3 is 19.8 Å². The Kier molecular flexibility index (Phi) is 6.03. The van der Waals surface area contributed by atoms with Gasteiger partial charge in [0, 0.05) is 13.1 Å². The molecule has 1 saturated heterocycles. The van der Waals surface area contributed by atoms with Crippen LogP contribution in [0.1, 0.15) is 25.3 Å². The highest BCUT2D eigenvalue weighted by Crippen LogP contribution is 2.20. The quantitative estimate of drug-likeness (QED) is 0.840. The minimum atomic E-state index is -0.502. The largest absolute Gasteiger partial charge is 0.491 e. The van der Waals surface area contributed by atoms with Gasteiger partial charge in [0.15, 0.2) is 0 Å². The second-order valence-corrected chi connectivity index (χ2v) is 6.18. The molecule has 1 aromatic carbocycles. The zero-order valence-electron chi connectivity index (χ0n) is 13.0. The van der Waals surface area contributed by atoms with Crippen molar-refractivity contribution < 1.29 is 14.9 Å². The summed E-state index contributed by atoms with van der Waals surface area (Å²) in [6.45, 7) is 6.64. The Morgan fingerprint density at radius 1 is 1.38 bits per heavy atom. The fourth-order valence-corrected chi connectivity index (χ4v) is 2.90. The van der Waals surface area contributed by atoms with E-state index in [1.54, 1.807) is 0 Å². The maximum atomic E-state index is 10.1. The number of benzene rings is 1. The second kappa shape index (κ2) is 7.78. The number of hydrogen-bond donors (Lipinski definition) is 2. The average molecular weight is 293 g/mol. The molecule has 1 aromatic rings.